The lowest BCUT2D eigenvalue weighted by Crippen LogP contribution is -2.49. The summed E-state index contributed by atoms with van der Waals surface area (Å²) < 4.78 is 5.31. The summed E-state index contributed by atoms with van der Waals surface area (Å²) in [5.74, 6) is 1.80. The number of benzene rings is 1. The molecule has 1 aliphatic carbocycles. The fraction of sp³-hybridized carbons (Fsp3) is 0.636. The molecule has 1 aliphatic rings. The van der Waals surface area contributed by atoms with Crippen molar-refractivity contribution in [1.82, 2.24) is 10.6 Å². The molecule has 0 unspecified atom stereocenters. The number of ether oxygens (including phenoxy) is 1. The number of carbonyl (C=O) groups excluding carboxylic acids is 2. The Labute approximate surface area is 188 Å². The number of thioether (sulfide) groups is 1. The molecule has 31 heavy (non-hydrogen) atoms. The molecule has 0 saturated heterocycles. The summed E-state index contributed by atoms with van der Waals surface area (Å²) in [4.78, 5) is 35.3. The molecule has 1 atom stereocenters. The summed E-state index contributed by atoms with van der Waals surface area (Å²) in [5, 5.41) is 16.3. The number of hydrogen-bond acceptors (Lipinski definition) is 6. The molecule has 1 saturated carbocycles. The minimum atomic E-state index is -0.721. The fourth-order valence-corrected chi connectivity index (χ4v) is 4.66. The molecule has 0 heterocycles. The van der Waals surface area contributed by atoms with Crippen molar-refractivity contribution < 1.29 is 19.2 Å². The molecule has 9 heteroatoms. The van der Waals surface area contributed by atoms with E-state index in [0.717, 1.165) is 11.3 Å². The zero-order valence-corrected chi connectivity index (χ0v) is 19.3. The molecule has 2 N–H and O–H groups in total. The Bertz CT molecular complexity index is 743. The Hall–Kier alpha value is -2.29. The van der Waals surface area contributed by atoms with Gasteiger partial charge in [-0.1, -0.05) is 31.4 Å². The number of amides is 2. The highest BCUT2D eigenvalue weighted by atomic mass is 32.2. The number of nitrogens with zero attached hydrogens (tertiary/aromatic N) is 1. The van der Waals surface area contributed by atoms with Crippen LogP contribution in [0.5, 0.6) is 0 Å². The predicted octanol–water partition coefficient (Wildman–Crippen LogP) is 4.42. The summed E-state index contributed by atoms with van der Waals surface area (Å²) in [7, 11) is 0. The SMILES string of the molecule is CC(C)(C)OC(=O)N[C@@H](CSCC1CCCCC1)C(=O)NCc1ccc([N+](=O)[O-])cc1. The van der Waals surface area contributed by atoms with Crippen LogP contribution in [-0.4, -0.2) is 40.1 Å². The molecule has 8 nitrogen and oxygen atoms in total. The van der Waals surface area contributed by atoms with Gasteiger partial charge < -0.3 is 15.4 Å². The van der Waals surface area contributed by atoms with E-state index in [4.69, 9.17) is 4.74 Å². The number of rotatable bonds is 9. The molecule has 0 radical (unpaired) electrons. The summed E-state index contributed by atoms with van der Waals surface area (Å²) in [6.45, 7) is 5.53. The molecule has 0 aliphatic heterocycles. The second kappa shape index (κ2) is 11.9. The van der Waals surface area contributed by atoms with Crippen molar-refractivity contribution >= 4 is 29.4 Å². The van der Waals surface area contributed by atoms with Gasteiger partial charge in [0, 0.05) is 24.4 Å². The minimum Gasteiger partial charge on any atom is -0.444 e. The highest BCUT2D eigenvalue weighted by Gasteiger charge is 2.25. The molecule has 0 bridgehead atoms. The van der Waals surface area contributed by atoms with E-state index >= 15 is 0 Å². The van der Waals surface area contributed by atoms with Crippen molar-refractivity contribution in [2.45, 2.75) is 71.1 Å². The first-order chi connectivity index (χ1) is 14.6. The minimum absolute atomic E-state index is 0.00124. The van der Waals surface area contributed by atoms with Gasteiger partial charge in [-0.2, -0.15) is 11.8 Å². The Morgan fingerprint density at radius 3 is 2.42 bits per heavy atom. The summed E-state index contributed by atoms with van der Waals surface area (Å²) in [5.41, 5.74) is 0.0857. The molecule has 2 rings (SSSR count). The maximum atomic E-state index is 12.8. The van der Waals surface area contributed by atoms with Gasteiger partial charge in [0.15, 0.2) is 0 Å². The molecule has 0 aromatic heterocycles. The van der Waals surface area contributed by atoms with Gasteiger partial charge in [-0.05, 0) is 50.8 Å². The van der Waals surface area contributed by atoms with E-state index in [1.807, 2.05) is 0 Å². The van der Waals surface area contributed by atoms with Gasteiger partial charge in [0.2, 0.25) is 5.91 Å². The molecular formula is C22H33N3O5S. The van der Waals surface area contributed by atoms with E-state index in [0.29, 0.717) is 11.7 Å². The van der Waals surface area contributed by atoms with Crippen molar-refractivity contribution in [1.29, 1.82) is 0 Å². The van der Waals surface area contributed by atoms with Crippen LogP contribution in [0.3, 0.4) is 0 Å². The Kier molecular flexibility index (Phi) is 9.61. The third kappa shape index (κ3) is 9.59. The summed E-state index contributed by atoms with van der Waals surface area (Å²) in [6.07, 6.45) is 5.66. The van der Waals surface area contributed by atoms with E-state index < -0.39 is 22.7 Å². The van der Waals surface area contributed by atoms with Crippen LogP contribution in [-0.2, 0) is 16.1 Å². The average molecular weight is 452 g/mol. The van der Waals surface area contributed by atoms with Crippen molar-refractivity contribution in [3.8, 4) is 0 Å². The molecule has 1 aromatic carbocycles. The number of nitro groups is 1. The maximum Gasteiger partial charge on any atom is 0.408 e. The third-order valence-corrected chi connectivity index (χ3v) is 6.26. The van der Waals surface area contributed by atoms with Crippen LogP contribution >= 0.6 is 11.8 Å². The molecule has 1 fully saturated rings. The quantitative estimate of drug-likeness (QED) is 0.425. The van der Waals surface area contributed by atoms with E-state index in [2.05, 4.69) is 10.6 Å². The average Bonchev–Trinajstić information content (AvgIpc) is 2.71. The Balaban J connectivity index is 1.91. The van der Waals surface area contributed by atoms with Crippen molar-refractivity contribution in [3.05, 3.63) is 39.9 Å². The molecule has 172 valence electrons. The van der Waals surface area contributed by atoms with Crippen molar-refractivity contribution in [2.75, 3.05) is 11.5 Å². The largest absolute Gasteiger partial charge is 0.444 e. The number of alkyl carbamates (subject to hydrolysis) is 1. The van der Waals surface area contributed by atoms with Crippen LogP contribution in [0, 0.1) is 16.0 Å². The van der Waals surface area contributed by atoms with Crippen LogP contribution < -0.4 is 10.6 Å². The number of non-ortho nitro benzene ring substituents is 1. The first-order valence-electron chi connectivity index (χ1n) is 10.7. The predicted molar refractivity (Wildman–Crippen MR) is 122 cm³/mol. The lowest BCUT2D eigenvalue weighted by Gasteiger charge is -2.24. The Morgan fingerprint density at radius 2 is 1.84 bits per heavy atom. The second-order valence-corrected chi connectivity index (χ2v) is 9.96. The smallest absolute Gasteiger partial charge is 0.408 e. The van der Waals surface area contributed by atoms with Crippen LogP contribution in [0.25, 0.3) is 0 Å². The van der Waals surface area contributed by atoms with Gasteiger partial charge in [0.05, 0.1) is 4.92 Å². The van der Waals surface area contributed by atoms with Crippen LogP contribution in [0.15, 0.2) is 24.3 Å². The summed E-state index contributed by atoms with van der Waals surface area (Å²) in [6, 6.07) is 5.29. The zero-order chi connectivity index (χ0) is 22.9. The molecular weight excluding hydrogens is 418 g/mol. The highest BCUT2D eigenvalue weighted by molar-refractivity contribution is 7.99. The lowest BCUT2D eigenvalue weighted by atomic mass is 9.91. The highest BCUT2D eigenvalue weighted by Crippen LogP contribution is 2.27. The van der Waals surface area contributed by atoms with Crippen molar-refractivity contribution in [3.63, 3.8) is 0 Å². The normalized spacial score (nSPS) is 15.7. The first kappa shape index (κ1) is 25.0. The first-order valence-corrected chi connectivity index (χ1v) is 11.9. The monoisotopic (exact) mass is 451 g/mol. The maximum absolute atomic E-state index is 12.8. The molecule has 1 aromatic rings. The van der Waals surface area contributed by atoms with Gasteiger partial charge >= 0.3 is 6.09 Å². The lowest BCUT2D eigenvalue weighted by molar-refractivity contribution is -0.384. The summed E-state index contributed by atoms with van der Waals surface area (Å²) >= 11 is 1.68. The van der Waals surface area contributed by atoms with Crippen molar-refractivity contribution in [2.24, 2.45) is 5.92 Å². The van der Waals surface area contributed by atoms with Gasteiger partial charge in [-0.3, -0.25) is 14.9 Å². The number of nitro benzene ring substituents is 1. The van der Waals surface area contributed by atoms with Crippen LogP contribution in [0.1, 0.15) is 58.4 Å². The molecule has 2 amide bonds. The van der Waals surface area contributed by atoms with Crippen LogP contribution in [0.4, 0.5) is 10.5 Å². The van der Waals surface area contributed by atoms with Crippen LogP contribution in [0.2, 0.25) is 0 Å². The third-order valence-electron chi connectivity index (χ3n) is 4.98. The van der Waals surface area contributed by atoms with E-state index in [1.54, 1.807) is 44.7 Å². The second-order valence-electron chi connectivity index (χ2n) is 8.88. The van der Waals surface area contributed by atoms with Gasteiger partial charge in [-0.25, -0.2) is 4.79 Å². The van der Waals surface area contributed by atoms with Gasteiger partial charge in [0.1, 0.15) is 11.6 Å². The number of hydrogen-bond donors (Lipinski definition) is 2. The van der Waals surface area contributed by atoms with E-state index in [9.17, 15) is 19.7 Å². The standard InChI is InChI=1S/C22H33N3O5S/c1-22(2,3)30-21(27)24-19(15-31-14-17-7-5-4-6-8-17)20(26)23-13-16-9-11-18(12-10-16)25(28)29/h9-12,17,19H,4-8,13-15H2,1-3H3,(H,23,26)(H,24,27)/t19-/m0/s1. The zero-order valence-electron chi connectivity index (χ0n) is 18.5. The Morgan fingerprint density at radius 1 is 1.19 bits per heavy atom. The number of carbonyl (C=O) groups is 2. The van der Waals surface area contributed by atoms with Gasteiger partial charge in [0.25, 0.3) is 5.69 Å². The van der Waals surface area contributed by atoms with E-state index in [-0.39, 0.29) is 18.1 Å². The van der Waals surface area contributed by atoms with E-state index in [1.165, 1.54) is 44.2 Å². The fourth-order valence-electron chi connectivity index (χ4n) is 3.39. The topological polar surface area (TPSA) is 111 Å². The van der Waals surface area contributed by atoms with Gasteiger partial charge in [-0.15, -0.1) is 0 Å². The number of nitrogens with one attached hydrogen (secondary N) is 2. The molecule has 0 spiro atoms.